The van der Waals surface area contributed by atoms with Crippen molar-refractivity contribution in [3.63, 3.8) is 0 Å². The van der Waals surface area contributed by atoms with Crippen molar-refractivity contribution in [1.82, 2.24) is 5.32 Å². The normalized spacial score (nSPS) is 18.4. The lowest BCUT2D eigenvalue weighted by molar-refractivity contribution is -0.123. The third-order valence-corrected chi connectivity index (χ3v) is 4.36. The monoisotopic (exact) mass is 310 g/mol. The number of nitrogens with one attached hydrogen (secondary N) is 1. The Labute approximate surface area is 134 Å². The van der Waals surface area contributed by atoms with Gasteiger partial charge in [-0.2, -0.15) is 0 Å². The zero-order valence-corrected chi connectivity index (χ0v) is 13.6. The van der Waals surface area contributed by atoms with Crippen LogP contribution in [0.3, 0.4) is 0 Å². The number of halogens is 1. The number of hydrogen-bond donors (Lipinski definition) is 2. The Morgan fingerprint density at radius 2 is 1.86 bits per heavy atom. The summed E-state index contributed by atoms with van der Waals surface area (Å²) < 4.78 is 0. The topological polar surface area (TPSA) is 55.1 Å². The van der Waals surface area contributed by atoms with E-state index >= 15 is 0 Å². The molecule has 2 atom stereocenters. The second-order valence-corrected chi connectivity index (χ2v) is 5.99. The molecule has 0 aromatic heterocycles. The molecule has 0 bridgehead atoms. The first-order chi connectivity index (χ1) is 9.66. The maximum absolute atomic E-state index is 12.2. The summed E-state index contributed by atoms with van der Waals surface area (Å²) in [5.41, 5.74) is 7.13. The molecule has 0 radical (unpaired) electrons. The van der Waals surface area contributed by atoms with Gasteiger partial charge in [-0.15, -0.1) is 12.4 Å². The highest BCUT2D eigenvalue weighted by Gasteiger charge is 2.23. The van der Waals surface area contributed by atoms with Gasteiger partial charge in [0.25, 0.3) is 0 Å². The Kier molecular flexibility index (Phi) is 7.76. The lowest BCUT2D eigenvalue weighted by Crippen LogP contribution is -2.48. The average Bonchev–Trinajstić information content (AvgIpc) is 2.49. The van der Waals surface area contributed by atoms with Crippen molar-refractivity contribution in [3.8, 4) is 0 Å². The van der Waals surface area contributed by atoms with Crippen LogP contribution in [0.2, 0.25) is 0 Å². The van der Waals surface area contributed by atoms with Crippen molar-refractivity contribution < 1.29 is 4.79 Å². The van der Waals surface area contributed by atoms with Crippen molar-refractivity contribution in [3.05, 3.63) is 35.9 Å². The van der Waals surface area contributed by atoms with Gasteiger partial charge >= 0.3 is 0 Å². The molecule has 3 N–H and O–H groups in total. The number of carbonyl (C=O) groups excluding carboxylic acids is 1. The van der Waals surface area contributed by atoms with Gasteiger partial charge in [0.2, 0.25) is 5.91 Å². The highest BCUT2D eigenvalue weighted by molar-refractivity contribution is 5.85. The van der Waals surface area contributed by atoms with E-state index in [2.05, 4.69) is 12.2 Å². The van der Waals surface area contributed by atoms with E-state index in [4.69, 9.17) is 5.73 Å². The predicted octanol–water partition coefficient (Wildman–Crippen LogP) is 3.06. The minimum absolute atomic E-state index is 0. The molecular formula is C17H27ClN2O. The highest BCUT2D eigenvalue weighted by Crippen LogP contribution is 2.26. The van der Waals surface area contributed by atoms with Gasteiger partial charge in [0.05, 0.1) is 6.04 Å². The summed E-state index contributed by atoms with van der Waals surface area (Å²) >= 11 is 0. The molecule has 3 nitrogen and oxygen atoms in total. The lowest BCUT2D eigenvalue weighted by Gasteiger charge is -2.29. The van der Waals surface area contributed by atoms with Crippen molar-refractivity contribution in [2.75, 3.05) is 0 Å². The second-order valence-electron chi connectivity index (χ2n) is 5.99. The van der Waals surface area contributed by atoms with Gasteiger partial charge in [-0.25, -0.2) is 0 Å². The third-order valence-electron chi connectivity index (χ3n) is 4.36. The number of nitrogens with two attached hydrogens (primary N) is 1. The molecule has 0 saturated heterocycles. The van der Waals surface area contributed by atoms with Gasteiger partial charge in [-0.05, 0) is 37.7 Å². The maximum Gasteiger partial charge on any atom is 0.237 e. The van der Waals surface area contributed by atoms with Crippen LogP contribution >= 0.6 is 12.4 Å². The molecule has 1 aliphatic carbocycles. The summed E-state index contributed by atoms with van der Waals surface area (Å²) in [4.78, 5) is 12.2. The van der Waals surface area contributed by atoms with Gasteiger partial charge < -0.3 is 11.1 Å². The van der Waals surface area contributed by atoms with E-state index in [-0.39, 0.29) is 24.4 Å². The van der Waals surface area contributed by atoms with Crippen LogP contribution in [-0.2, 0) is 11.2 Å². The van der Waals surface area contributed by atoms with Crippen molar-refractivity contribution in [1.29, 1.82) is 0 Å². The average molecular weight is 311 g/mol. The molecule has 0 heterocycles. The van der Waals surface area contributed by atoms with Crippen LogP contribution in [-0.4, -0.2) is 18.0 Å². The minimum atomic E-state index is -0.455. The molecule has 1 amide bonds. The number of amides is 1. The minimum Gasteiger partial charge on any atom is -0.352 e. The molecule has 1 aromatic rings. The van der Waals surface area contributed by atoms with Gasteiger partial charge in [-0.1, -0.05) is 49.6 Å². The fraction of sp³-hybridized carbons (Fsp3) is 0.588. The SMILES string of the molecule is CC(NC(=O)C(N)Cc1ccccc1)C1CCCCC1.Cl. The molecule has 1 aromatic carbocycles. The molecule has 4 heteroatoms. The molecule has 1 saturated carbocycles. The van der Waals surface area contributed by atoms with Gasteiger partial charge in [0.15, 0.2) is 0 Å². The number of rotatable bonds is 5. The summed E-state index contributed by atoms with van der Waals surface area (Å²) in [6.07, 6.45) is 6.99. The number of benzene rings is 1. The molecule has 2 rings (SSSR count). The highest BCUT2D eigenvalue weighted by atomic mass is 35.5. The Balaban J connectivity index is 0.00000220. The summed E-state index contributed by atoms with van der Waals surface area (Å²) in [6.45, 7) is 2.11. The van der Waals surface area contributed by atoms with Gasteiger partial charge in [0.1, 0.15) is 0 Å². The van der Waals surface area contributed by atoms with Crippen LogP contribution in [0.25, 0.3) is 0 Å². The Morgan fingerprint density at radius 1 is 1.24 bits per heavy atom. The standard InChI is InChI=1S/C17H26N2O.ClH/c1-13(15-10-6-3-7-11-15)19-17(20)16(18)12-14-8-4-2-5-9-14;/h2,4-5,8-9,13,15-16H,3,6-7,10-12,18H2,1H3,(H,19,20);1H. The largest absolute Gasteiger partial charge is 0.352 e. The van der Waals surface area contributed by atoms with E-state index in [9.17, 15) is 4.79 Å². The Morgan fingerprint density at radius 3 is 2.48 bits per heavy atom. The van der Waals surface area contributed by atoms with Crippen molar-refractivity contribution in [2.45, 2.75) is 57.5 Å². The van der Waals surface area contributed by atoms with E-state index in [1.54, 1.807) is 0 Å². The zero-order valence-electron chi connectivity index (χ0n) is 12.8. The van der Waals surface area contributed by atoms with Crippen LogP contribution in [0.5, 0.6) is 0 Å². The first-order valence-electron chi connectivity index (χ1n) is 7.76. The van der Waals surface area contributed by atoms with Crippen molar-refractivity contribution in [2.24, 2.45) is 11.7 Å². The second kappa shape index (κ2) is 9.06. The first kappa shape index (κ1) is 18.0. The Bertz CT molecular complexity index is 418. The van der Waals surface area contributed by atoms with E-state index in [0.717, 1.165) is 5.56 Å². The maximum atomic E-state index is 12.2. The molecular weight excluding hydrogens is 284 g/mol. The summed E-state index contributed by atoms with van der Waals surface area (Å²) in [7, 11) is 0. The zero-order chi connectivity index (χ0) is 14.4. The fourth-order valence-corrected chi connectivity index (χ4v) is 3.04. The molecule has 0 aliphatic heterocycles. The summed E-state index contributed by atoms with van der Waals surface area (Å²) in [5.74, 6) is 0.601. The van der Waals surface area contributed by atoms with Crippen LogP contribution in [0, 0.1) is 5.92 Å². The quantitative estimate of drug-likeness (QED) is 0.878. The lowest BCUT2D eigenvalue weighted by atomic mass is 9.84. The molecule has 21 heavy (non-hydrogen) atoms. The molecule has 1 aliphatic rings. The van der Waals surface area contributed by atoms with Crippen molar-refractivity contribution >= 4 is 18.3 Å². The van der Waals surface area contributed by atoms with E-state index < -0.39 is 6.04 Å². The van der Waals surface area contributed by atoms with Crippen LogP contribution in [0.1, 0.15) is 44.6 Å². The van der Waals surface area contributed by atoms with Crippen LogP contribution in [0.4, 0.5) is 0 Å². The fourth-order valence-electron chi connectivity index (χ4n) is 3.04. The smallest absolute Gasteiger partial charge is 0.237 e. The Hall–Kier alpha value is -1.06. The molecule has 1 fully saturated rings. The predicted molar refractivity (Wildman–Crippen MR) is 89.5 cm³/mol. The number of hydrogen-bond acceptors (Lipinski definition) is 2. The number of carbonyl (C=O) groups is 1. The molecule has 0 spiro atoms. The first-order valence-corrected chi connectivity index (χ1v) is 7.76. The van der Waals surface area contributed by atoms with E-state index in [1.165, 1.54) is 32.1 Å². The van der Waals surface area contributed by atoms with Crippen LogP contribution in [0.15, 0.2) is 30.3 Å². The van der Waals surface area contributed by atoms with E-state index in [1.807, 2.05) is 30.3 Å². The van der Waals surface area contributed by atoms with Crippen LogP contribution < -0.4 is 11.1 Å². The van der Waals surface area contributed by atoms with E-state index in [0.29, 0.717) is 12.3 Å². The van der Waals surface area contributed by atoms with Gasteiger partial charge in [-0.3, -0.25) is 4.79 Å². The van der Waals surface area contributed by atoms with Gasteiger partial charge in [0, 0.05) is 6.04 Å². The molecule has 118 valence electrons. The third kappa shape index (κ3) is 5.68. The summed E-state index contributed by atoms with van der Waals surface area (Å²) in [6, 6.07) is 9.73. The summed E-state index contributed by atoms with van der Waals surface area (Å²) in [5, 5.41) is 3.11. The molecule has 2 unspecified atom stereocenters.